The van der Waals surface area contributed by atoms with Crippen molar-refractivity contribution in [3.05, 3.63) is 36.2 Å². The first kappa shape index (κ1) is 14.2. The second-order valence-corrected chi connectivity index (χ2v) is 5.00. The summed E-state index contributed by atoms with van der Waals surface area (Å²) < 4.78 is 11.0. The Labute approximate surface area is 124 Å². The first-order valence-electron chi connectivity index (χ1n) is 7.30. The summed E-state index contributed by atoms with van der Waals surface area (Å²) in [5.41, 5.74) is 0.949. The van der Waals surface area contributed by atoms with Gasteiger partial charge in [-0.15, -0.1) is 10.2 Å². The molecular weight excluding hydrogens is 268 g/mol. The van der Waals surface area contributed by atoms with E-state index >= 15 is 0 Å². The minimum Gasteiger partial charge on any atom is -0.419 e. The van der Waals surface area contributed by atoms with Crippen LogP contribution in [0.15, 0.2) is 34.7 Å². The van der Waals surface area contributed by atoms with Gasteiger partial charge >= 0.3 is 0 Å². The summed E-state index contributed by atoms with van der Waals surface area (Å²) in [6.07, 6.45) is 0. The standard InChI is InChI=1S/C15H20N4O2/c1-2-4-13(5-3-1)15-18-17-14(21-15)12-16-6-7-19-8-10-20-11-9-19/h1-5,16H,6-12H2. The van der Waals surface area contributed by atoms with Gasteiger partial charge in [-0.2, -0.15) is 0 Å². The first-order chi connectivity index (χ1) is 10.4. The van der Waals surface area contributed by atoms with Crippen LogP contribution in [-0.4, -0.2) is 54.5 Å². The molecule has 0 unspecified atom stereocenters. The number of hydrogen-bond donors (Lipinski definition) is 1. The van der Waals surface area contributed by atoms with Crippen molar-refractivity contribution in [2.24, 2.45) is 0 Å². The Morgan fingerprint density at radius 1 is 1.10 bits per heavy atom. The van der Waals surface area contributed by atoms with Crippen LogP contribution in [0.5, 0.6) is 0 Å². The van der Waals surface area contributed by atoms with E-state index in [1.54, 1.807) is 0 Å². The molecule has 1 N–H and O–H groups in total. The average Bonchev–Trinajstić information content (AvgIpc) is 3.02. The fourth-order valence-electron chi connectivity index (χ4n) is 2.28. The lowest BCUT2D eigenvalue weighted by atomic mass is 10.2. The van der Waals surface area contributed by atoms with Crippen LogP contribution in [0.3, 0.4) is 0 Å². The second-order valence-electron chi connectivity index (χ2n) is 5.00. The summed E-state index contributed by atoms with van der Waals surface area (Å²) >= 11 is 0. The third kappa shape index (κ3) is 4.10. The van der Waals surface area contributed by atoms with E-state index in [1.165, 1.54) is 0 Å². The number of rotatable bonds is 6. The van der Waals surface area contributed by atoms with Crippen molar-refractivity contribution in [1.29, 1.82) is 0 Å². The van der Waals surface area contributed by atoms with Crippen LogP contribution in [0.1, 0.15) is 5.89 Å². The molecule has 0 amide bonds. The molecule has 0 bridgehead atoms. The number of benzene rings is 1. The molecule has 6 nitrogen and oxygen atoms in total. The Morgan fingerprint density at radius 3 is 2.71 bits per heavy atom. The molecule has 1 aromatic carbocycles. The smallest absolute Gasteiger partial charge is 0.247 e. The zero-order valence-corrected chi connectivity index (χ0v) is 12.0. The van der Waals surface area contributed by atoms with Crippen LogP contribution in [0.25, 0.3) is 11.5 Å². The Balaban J connectivity index is 1.42. The van der Waals surface area contributed by atoms with E-state index in [2.05, 4.69) is 20.4 Å². The number of morpholine rings is 1. The highest BCUT2D eigenvalue weighted by molar-refractivity contribution is 5.51. The van der Waals surface area contributed by atoms with Gasteiger partial charge < -0.3 is 14.5 Å². The normalized spacial score (nSPS) is 16.2. The van der Waals surface area contributed by atoms with E-state index < -0.39 is 0 Å². The van der Waals surface area contributed by atoms with Crippen molar-refractivity contribution in [3.8, 4) is 11.5 Å². The molecule has 0 spiro atoms. The van der Waals surface area contributed by atoms with Crippen LogP contribution in [0.2, 0.25) is 0 Å². The van der Waals surface area contributed by atoms with Crippen LogP contribution in [-0.2, 0) is 11.3 Å². The van der Waals surface area contributed by atoms with E-state index in [9.17, 15) is 0 Å². The van der Waals surface area contributed by atoms with Gasteiger partial charge in [-0.3, -0.25) is 4.90 Å². The Morgan fingerprint density at radius 2 is 1.90 bits per heavy atom. The zero-order chi connectivity index (χ0) is 14.3. The van der Waals surface area contributed by atoms with Crippen LogP contribution in [0, 0.1) is 0 Å². The van der Waals surface area contributed by atoms with Gasteiger partial charge in [0.15, 0.2) is 0 Å². The Hall–Kier alpha value is -1.76. The van der Waals surface area contributed by atoms with Gasteiger partial charge in [-0.25, -0.2) is 0 Å². The molecular formula is C15H20N4O2. The van der Waals surface area contributed by atoms with Gasteiger partial charge in [0.25, 0.3) is 0 Å². The predicted octanol–water partition coefficient (Wildman–Crippen LogP) is 1.16. The van der Waals surface area contributed by atoms with E-state index in [4.69, 9.17) is 9.15 Å². The third-order valence-corrected chi connectivity index (χ3v) is 3.47. The highest BCUT2D eigenvalue weighted by atomic mass is 16.5. The summed E-state index contributed by atoms with van der Waals surface area (Å²) in [7, 11) is 0. The van der Waals surface area contributed by atoms with Gasteiger partial charge in [0, 0.05) is 31.7 Å². The summed E-state index contributed by atoms with van der Waals surface area (Å²) in [5.74, 6) is 1.19. The molecule has 2 aromatic rings. The van der Waals surface area contributed by atoms with E-state index in [-0.39, 0.29) is 0 Å². The van der Waals surface area contributed by atoms with Crippen LogP contribution >= 0.6 is 0 Å². The minimum atomic E-state index is 0.570. The maximum Gasteiger partial charge on any atom is 0.247 e. The fraction of sp³-hybridized carbons (Fsp3) is 0.467. The third-order valence-electron chi connectivity index (χ3n) is 3.47. The molecule has 6 heteroatoms. The molecule has 1 saturated heterocycles. The Bertz CT molecular complexity index is 538. The molecule has 0 aliphatic carbocycles. The van der Waals surface area contributed by atoms with Gasteiger partial charge in [0.05, 0.1) is 19.8 Å². The highest BCUT2D eigenvalue weighted by Gasteiger charge is 2.10. The SMILES string of the molecule is c1ccc(-c2nnc(CNCCN3CCOCC3)o2)cc1. The van der Waals surface area contributed by atoms with E-state index in [0.717, 1.165) is 45.0 Å². The molecule has 21 heavy (non-hydrogen) atoms. The van der Waals surface area contributed by atoms with Crippen molar-refractivity contribution in [2.75, 3.05) is 39.4 Å². The molecule has 1 aliphatic heterocycles. The summed E-state index contributed by atoms with van der Waals surface area (Å²) in [6.45, 7) is 6.23. The number of ether oxygens (including phenoxy) is 1. The van der Waals surface area contributed by atoms with E-state index in [1.807, 2.05) is 30.3 Å². The molecule has 0 atom stereocenters. The van der Waals surface area contributed by atoms with Gasteiger partial charge in [0.2, 0.25) is 11.8 Å². The second kappa shape index (κ2) is 7.31. The van der Waals surface area contributed by atoms with Gasteiger partial charge in [-0.1, -0.05) is 18.2 Å². The number of nitrogens with zero attached hydrogens (tertiary/aromatic N) is 3. The van der Waals surface area contributed by atoms with Crippen molar-refractivity contribution >= 4 is 0 Å². The van der Waals surface area contributed by atoms with Crippen molar-refractivity contribution < 1.29 is 9.15 Å². The zero-order valence-electron chi connectivity index (χ0n) is 12.0. The Kier molecular flexibility index (Phi) is 4.94. The molecule has 1 aliphatic rings. The summed E-state index contributed by atoms with van der Waals surface area (Å²) in [5, 5.41) is 11.5. The summed E-state index contributed by atoms with van der Waals surface area (Å²) in [6, 6.07) is 9.81. The number of aromatic nitrogens is 2. The fourth-order valence-corrected chi connectivity index (χ4v) is 2.28. The molecule has 112 valence electrons. The molecule has 3 rings (SSSR count). The molecule has 0 radical (unpaired) electrons. The quantitative estimate of drug-likeness (QED) is 0.805. The monoisotopic (exact) mass is 288 g/mol. The van der Waals surface area contributed by atoms with Crippen LogP contribution < -0.4 is 5.32 Å². The molecule has 1 aromatic heterocycles. The van der Waals surface area contributed by atoms with E-state index in [0.29, 0.717) is 18.3 Å². The maximum absolute atomic E-state index is 5.64. The van der Waals surface area contributed by atoms with Crippen molar-refractivity contribution in [3.63, 3.8) is 0 Å². The van der Waals surface area contributed by atoms with Crippen molar-refractivity contribution in [2.45, 2.75) is 6.54 Å². The highest BCUT2D eigenvalue weighted by Crippen LogP contribution is 2.16. The largest absolute Gasteiger partial charge is 0.419 e. The topological polar surface area (TPSA) is 63.4 Å². The lowest BCUT2D eigenvalue weighted by Gasteiger charge is -2.26. The van der Waals surface area contributed by atoms with Crippen LogP contribution in [0.4, 0.5) is 0 Å². The molecule has 0 saturated carbocycles. The first-order valence-corrected chi connectivity index (χ1v) is 7.30. The lowest BCUT2D eigenvalue weighted by Crippen LogP contribution is -2.40. The number of nitrogens with one attached hydrogen (secondary N) is 1. The minimum absolute atomic E-state index is 0.570. The van der Waals surface area contributed by atoms with Crippen molar-refractivity contribution in [1.82, 2.24) is 20.4 Å². The van der Waals surface area contributed by atoms with Gasteiger partial charge in [0.1, 0.15) is 0 Å². The number of hydrogen-bond acceptors (Lipinski definition) is 6. The predicted molar refractivity (Wildman–Crippen MR) is 78.7 cm³/mol. The van der Waals surface area contributed by atoms with Gasteiger partial charge in [-0.05, 0) is 12.1 Å². The summed E-state index contributed by atoms with van der Waals surface area (Å²) in [4.78, 5) is 2.39. The maximum atomic E-state index is 5.64. The molecule has 1 fully saturated rings. The lowest BCUT2D eigenvalue weighted by molar-refractivity contribution is 0.0383. The molecule has 2 heterocycles. The average molecular weight is 288 g/mol.